The van der Waals surface area contributed by atoms with Crippen molar-refractivity contribution in [1.29, 1.82) is 0 Å². The zero-order valence-electron chi connectivity index (χ0n) is 18.9. The Bertz CT molecular complexity index is 1330. The van der Waals surface area contributed by atoms with E-state index in [-0.39, 0.29) is 24.1 Å². The summed E-state index contributed by atoms with van der Waals surface area (Å²) >= 11 is 0. The number of aryl methyl sites for hydroxylation is 1. The zero-order valence-corrected chi connectivity index (χ0v) is 19.7. The molecular weight excluding hydrogens is 463 g/mol. The number of aliphatic imine (C=N–C) groups is 1. The number of carbonyl (C=O) groups excluding carboxylic acids is 1. The van der Waals surface area contributed by atoms with E-state index >= 15 is 4.39 Å². The third-order valence-corrected chi connectivity index (χ3v) is 8.62. The number of sulfonamides is 1. The molecule has 180 valence electrons. The van der Waals surface area contributed by atoms with Crippen LogP contribution in [0.5, 0.6) is 0 Å². The predicted octanol–water partition coefficient (Wildman–Crippen LogP) is 1.24. The van der Waals surface area contributed by atoms with Crippen LogP contribution in [0.25, 0.3) is 0 Å². The van der Waals surface area contributed by atoms with Crippen molar-refractivity contribution in [2.24, 2.45) is 18.0 Å². The van der Waals surface area contributed by atoms with E-state index in [0.29, 0.717) is 44.2 Å². The Labute approximate surface area is 196 Å². The lowest BCUT2D eigenvalue weighted by atomic mass is 9.95. The fraction of sp³-hybridized carbons (Fsp3) is 0.500. The number of rotatable bonds is 6. The molecule has 4 heterocycles. The monoisotopic (exact) mass is 488 g/mol. The molecule has 1 saturated carbocycles. The number of halogens is 1. The Morgan fingerprint density at radius 2 is 2.06 bits per heavy atom. The van der Waals surface area contributed by atoms with E-state index in [2.05, 4.69) is 14.8 Å². The summed E-state index contributed by atoms with van der Waals surface area (Å²) in [4.78, 5) is 21.2. The highest BCUT2D eigenvalue weighted by Crippen LogP contribution is 2.40. The standard InChI is InChI=1S/C22H25FN6O4S/c1-22(3-4-22)26-34(31,32)19-5-15-17(6-16(19)23)29-18(14-11-33-12-14)8-24-21(29)28(20(15)30)10-13-7-25-27(2)9-13/h5-7,9,14,18,26H,3-4,8,10-12H2,1-2H3/t18-/m0/s1. The average molecular weight is 489 g/mol. The molecule has 1 aromatic carbocycles. The van der Waals surface area contributed by atoms with Crippen molar-refractivity contribution in [3.05, 3.63) is 41.5 Å². The number of nitrogens with zero attached hydrogens (tertiary/aromatic N) is 5. The molecule has 34 heavy (non-hydrogen) atoms. The first kappa shape index (κ1) is 21.7. The lowest BCUT2D eigenvalue weighted by Crippen LogP contribution is -2.56. The molecule has 1 N–H and O–H groups in total. The fourth-order valence-electron chi connectivity index (χ4n) is 4.72. The van der Waals surface area contributed by atoms with Crippen molar-refractivity contribution in [3.63, 3.8) is 0 Å². The number of carbonyl (C=O) groups is 1. The number of anilines is 1. The van der Waals surface area contributed by atoms with Gasteiger partial charge in [0.1, 0.15) is 10.7 Å². The van der Waals surface area contributed by atoms with E-state index in [0.717, 1.165) is 11.6 Å². The van der Waals surface area contributed by atoms with Crippen molar-refractivity contribution in [2.75, 3.05) is 24.7 Å². The summed E-state index contributed by atoms with van der Waals surface area (Å²) in [6, 6.07) is 2.23. The van der Waals surface area contributed by atoms with Crippen LogP contribution in [0, 0.1) is 11.7 Å². The second-order valence-corrected chi connectivity index (χ2v) is 11.4. The maximum Gasteiger partial charge on any atom is 0.263 e. The maximum absolute atomic E-state index is 15.3. The van der Waals surface area contributed by atoms with Gasteiger partial charge in [-0.1, -0.05) is 0 Å². The minimum atomic E-state index is -4.14. The molecule has 0 unspecified atom stereocenters. The van der Waals surface area contributed by atoms with Crippen LogP contribution in [-0.4, -0.2) is 66.3 Å². The Balaban J connectivity index is 1.45. The second-order valence-electron chi connectivity index (χ2n) is 9.76. The molecule has 0 radical (unpaired) electrons. The topological polar surface area (TPSA) is 109 Å². The Kier molecular flexibility index (Phi) is 4.68. The van der Waals surface area contributed by atoms with Gasteiger partial charge in [-0.15, -0.1) is 0 Å². The van der Waals surface area contributed by atoms with E-state index in [4.69, 9.17) is 4.74 Å². The number of amides is 1. The van der Waals surface area contributed by atoms with Gasteiger partial charge in [0.05, 0.1) is 49.8 Å². The van der Waals surface area contributed by atoms with Crippen LogP contribution in [-0.2, 0) is 28.4 Å². The smallest absolute Gasteiger partial charge is 0.263 e. The summed E-state index contributed by atoms with van der Waals surface area (Å²) in [6.07, 6.45) is 4.85. The van der Waals surface area contributed by atoms with Crippen molar-refractivity contribution >= 4 is 27.6 Å². The molecule has 4 aliphatic rings. The molecule has 1 amide bonds. The van der Waals surface area contributed by atoms with Gasteiger partial charge in [-0.2, -0.15) is 5.10 Å². The Morgan fingerprint density at radius 1 is 1.29 bits per heavy atom. The fourth-order valence-corrected chi connectivity index (χ4v) is 6.27. The largest absolute Gasteiger partial charge is 0.381 e. The molecule has 1 aromatic heterocycles. The number of fused-ring (bicyclic) bond motifs is 3. The number of hydrogen-bond acceptors (Lipinski definition) is 7. The third-order valence-electron chi connectivity index (χ3n) is 6.97. The van der Waals surface area contributed by atoms with Crippen LogP contribution < -0.4 is 9.62 Å². The maximum atomic E-state index is 15.3. The van der Waals surface area contributed by atoms with Crippen LogP contribution in [0.4, 0.5) is 10.1 Å². The molecule has 3 aliphatic heterocycles. The van der Waals surface area contributed by atoms with Gasteiger partial charge in [-0.3, -0.25) is 19.4 Å². The van der Waals surface area contributed by atoms with Gasteiger partial charge in [-0.25, -0.2) is 17.5 Å². The highest BCUT2D eigenvalue weighted by atomic mass is 32.2. The molecule has 1 atom stereocenters. The first-order valence-corrected chi connectivity index (χ1v) is 12.7. The number of nitrogens with one attached hydrogen (secondary N) is 1. The van der Waals surface area contributed by atoms with Gasteiger partial charge in [0.2, 0.25) is 16.0 Å². The summed E-state index contributed by atoms with van der Waals surface area (Å²) in [5.74, 6) is -0.685. The number of ether oxygens (including phenoxy) is 1. The van der Waals surface area contributed by atoms with Crippen LogP contribution in [0.15, 0.2) is 34.4 Å². The number of aromatic nitrogens is 2. The molecular formula is C22H25FN6O4S. The van der Waals surface area contributed by atoms with Gasteiger partial charge in [0.15, 0.2) is 0 Å². The summed E-state index contributed by atoms with van der Waals surface area (Å²) in [7, 11) is -2.35. The summed E-state index contributed by atoms with van der Waals surface area (Å²) in [5, 5.41) is 4.17. The zero-order chi connectivity index (χ0) is 23.8. The van der Waals surface area contributed by atoms with Gasteiger partial charge in [0.25, 0.3) is 5.91 Å². The molecule has 2 aromatic rings. The Hall–Kier alpha value is -2.83. The summed E-state index contributed by atoms with van der Waals surface area (Å²) < 4.78 is 50.8. The van der Waals surface area contributed by atoms with E-state index in [1.807, 2.05) is 4.90 Å². The van der Waals surface area contributed by atoms with Crippen molar-refractivity contribution in [1.82, 2.24) is 19.4 Å². The van der Waals surface area contributed by atoms with E-state index < -0.39 is 32.2 Å². The van der Waals surface area contributed by atoms with Crippen molar-refractivity contribution < 1.29 is 22.3 Å². The molecule has 2 fully saturated rings. The average Bonchev–Trinajstić information content (AvgIpc) is 3.10. The molecule has 1 saturated heterocycles. The van der Waals surface area contributed by atoms with Crippen molar-refractivity contribution in [2.45, 2.75) is 42.8 Å². The molecule has 0 bridgehead atoms. The van der Waals surface area contributed by atoms with Gasteiger partial charge in [0, 0.05) is 30.3 Å². The van der Waals surface area contributed by atoms with Crippen LogP contribution in [0.1, 0.15) is 35.7 Å². The minimum absolute atomic E-state index is 0.0997. The molecule has 6 rings (SSSR count). The lowest BCUT2D eigenvalue weighted by Gasteiger charge is -2.43. The molecule has 12 heteroatoms. The summed E-state index contributed by atoms with van der Waals surface area (Å²) in [6.45, 7) is 3.56. The highest BCUT2D eigenvalue weighted by molar-refractivity contribution is 7.89. The first-order valence-electron chi connectivity index (χ1n) is 11.2. The van der Waals surface area contributed by atoms with Crippen LogP contribution in [0.3, 0.4) is 0 Å². The highest BCUT2D eigenvalue weighted by Gasteiger charge is 2.47. The SMILES string of the molecule is Cn1cc(CN2C(=O)c3cc(S(=O)(=O)NC4(C)CC4)c(F)cc3N3C2=NC[C@H]3C2COC2)cn1. The molecule has 0 spiro atoms. The first-order chi connectivity index (χ1) is 16.2. The summed E-state index contributed by atoms with van der Waals surface area (Å²) in [5.41, 5.74) is 0.713. The number of guanidine groups is 1. The second kappa shape index (κ2) is 7.33. The number of benzene rings is 1. The molecule has 10 nitrogen and oxygen atoms in total. The third kappa shape index (κ3) is 3.43. The number of hydrogen-bond donors (Lipinski definition) is 1. The lowest BCUT2D eigenvalue weighted by molar-refractivity contribution is -0.0408. The van der Waals surface area contributed by atoms with Crippen LogP contribution in [0.2, 0.25) is 0 Å². The van der Waals surface area contributed by atoms with Gasteiger partial charge in [-0.05, 0) is 31.9 Å². The normalized spacial score (nSPS) is 23.4. The van der Waals surface area contributed by atoms with E-state index in [1.165, 1.54) is 11.0 Å². The molecule has 1 aliphatic carbocycles. The van der Waals surface area contributed by atoms with E-state index in [1.54, 1.807) is 31.0 Å². The van der Waals surface area contributed by atoms with Crippen LogP contribution >= 0.6 is 0 Å². The minimum Gasteiger partial charge on any atom is -0.381 e. The van der Waals surface area contributed by atoms with Gasteiger partial charge < -0.3 is 9.64 Å². The van der Waals surface area contributed by atoms with Crippen molar-refractivity contribution in [3.8, 4) is 0 Å². The quantitative estimate of drug-likeness (QED) is 0.655. The van der Waals surface area contributed by atoms with Gasteiger partial charge >= 0.3 is 0 Å². The Morgan fingerprint density at radius 3 is 2.68 bits per heavy atom. The predicted molar refractivity (Wildman–Crippen MR) is 120 cm³/mol. The van der Waals surface area contributed by atoms with E-state index in [9.17, 15) is 13.2 Å².